The zero-order valence-corrected chi connectivity index (χ0v) is 11.3. The van der Waals surface area contributed by atoms with Crippen LogP contribution >= 0.6 is 0 Å². The Morgan fingerprint density at radius 3 is 2.44 bits per heavy atom. The van der Waals surface area contributed by atoms with Crippen molar-refractivity contribution in [1.29, 1.82) is 0 Å². The van der Waals surface area contributed by atoms with E-state index in [9.17, 15) is 0 Å². The molecule has 0 aromatic heterocycles. The van der Waals surface area contributed by atoms with Crippen molar-refractivity contribution >= 4 is 0 Å². The minimum Gasteiger partial charge on any atom is -0.380 e. The summed E-state index contributed by atoms with van der Waals surface area (Å²) in [6.07, 6.45) is 6.68. The third-order valence-corrected chi connectivity index (χ3v) is 3.53. The Kier molecular flexibility index (Phi) is 7.06. The van der Waals surface area contributed by atoms with Gasteiger partial charge < -0.3 is 10.1 Å². The van der Waals surface area contributed by atoms with E-state index in [1.165, 1.54) is 32.1 Å². The van der Waals surface area contributed by atoms with Gasteiger partial charge >= 0.3 is 0 Å². The molecule has 1 fully saturated rings. The largest absolute Gasteiger partial charge is 0.380 e. The minimum atomic E-state index is 0.755. The monoisotopic (exact) mass is 227 g/mol. The van der Waals surface area contributed by atoms with Crippen LogP contribution in [0.1, 0.15) is 52.9 Å². The van der Waals surface area contributed by atoms with Gasteiger partial charge in [-0.15, -0.1) is 0 Å². The molecule has 0 amide bonds. The SMILES string of the molecule is CC(C)CCOCCNC1CCC(C)CC1. The summed E-state index contributed by atoms with van der Waals surface area (Å²) >= 11 is 0. The maximum Gasteiger partial charge on any atom is 0.0591 e. The van der Waals surface area contributed by atoms with E-state index in [1.54, 1.807) is 0 Å². The molecule has 1 N–H and O–H groups in total. The average Bonchev–Trinajstić information content (AvgIpc) is 2.25. The molecule has 0 atom stereocenters. The highest BCUT2D eigenvalue weighted by Crippen LogP contribution is 2.23. The molecule has 0 radical (unpaired) electrons. The van der Waals surface area contributed by atoms with E-state index in [0.717, 1.165) is 37.6 Å². The lowest BCUT2D eigenvalue weighted by molar-refractivity contribution is 0.121. The van der Waals surface area contributed by atoms with Crippen LogP contribution in [-0.4, -0.2) is 25.8 Å². The van der Waals surface area contributed by atoms with Crippen molar-refractivity contribution in [2.45, 2.75) is 58.9 Å². The molecule has 0 aliphatic heterocycles. The standard InChI is InChI=1S/C14H29NO/c1-12(2)8-10-16-11-9-15-14-6-4-13(3)5-7-14/h12-15H,4-11H2,1-3H3. The normalized spacial score (nSPS) is 26.2. The summed E-state index contributed by atoms with van der Waals surface area (Å²) in [6.45, 7) is 9.66. The Morgan fingerprint density at radius 1 is 1.12 bits per heavy atom. The quantitative estimate of drug-likeness (QED) is 0.674. The number of hydrogen-bond donors (Lipinski definition) is 1. The van der Waals surface area contributed by atoms with E-state index < -0.39 is 0 Å². The Hall–Kier alpha value is -0.0800. The fourth-order valence-electron chi connectivity index (χ4n) is 2.22. The van der Waals surface area contributed by atoms with Crippen LogP contribution in [-0.2, 0) is 4.74 Å². The van der Waals surface area contributed by atoms with E-state index >= 15 is 0 Å². The zero-order chi connectivity index (χ0) is 11.8. The second kappa shape index (κ2) is 8.08. The van der Waals surface area contributed by atoms with Crippen molar-refractivity contribution in [3.63, 3.8) is 0 Å². The summed E-state index contributed by atoms with van der Waals surface area (Å²) in [6, 6.07) is 0.755. The molecule has 1 aliphatic carbocycles. The molecule has 0 unspecified atom stereocenters. The van der Waals surface area contributed by atoms with Crippen molar-refractivity contribution in [1.82, 2.24) is 5.32 Å². The number of rotatable bonds is 7. The van der Waals surface area contributed by atoms with E-state index in [0.29, 0.717) is 0 Å². The molecule has 2 nitrogen and oxygen atoms in total. The maximum absolute atomic E-state index is 5.59. The van der Waals surface area contributed by atoms with Gasteiger partial charge in [-0.3, -0.25) is 0 Å². The van der Waals surface area contributed by atoms with Crippen LogP contribution in [0.3, 0.4) is 0 Å². The fraction of sp³-hybridized carbons (Fsp3) is 1.00. The molecule has 0 saturated heterocycles. The Labute approximate surface area is 101 Å². The molecule has 0 bridgehead atoms. The number of hydrogen-bond acceptors (Lipinski definition) is 2. The van der Waals surface area contributed by atoms with Gasteiger partial charge in [0.2, 0.25) is 0 Å². The van der Waals surface area contributed by atoms with Crippen molar-refractivity contribution in [2.75, 3.05) is 19.8 Å². The molecule has 0 heterocycles. The van der Waals surface area contributed by atoms with Crippen molar-refractivity contribution in [3.8, 4) is 0 Å². The van der Waals surface area contributed by atoms with Gasteiger partial charge in [-0.2, -0.15) is 0 Å². The molecule has 1 aliphatic rings. The molecule has 0 aromatic carbocycles. The molecule has 16 heavy (non-hydrogen) atoms. The first-order valence-electron chi connectivity index (χ1n) is 6.99. The summed E-state index contributed by atoms with van der Waals surface area (Å²) in [5, 5.41) is 3.61. The second-order valence-corrected chi connectivity index (χ2v) is 5.71. The molecule has 1 rings (SSSR count). The Bertz CT molecular complexity index is 162. The molecule has 1 saturated carbocycles. The van der Waals surface area contributed by atoms with Gasteiger partial charge in [0.05, 0.1) is 6.61 Å². The van der Waals surface area contributed by atoms with Crippen LogP contribution in [0.2, 0.25) is 0 Å². The van der Waals surface area contributed by atoms with Crippen LogP contribution in [0.5, 0.6) is 0 Å². The summed E-state index contributed by atoms with van der Waals surface area (Å²) in [5.74, 6) is 1.70. The molecular formula is C14H29NO. The Balaban J connectivity index is 1.87. The Morgan fingerprint density at radius 2 is 1.81 bits per heavy atom. The van der Waals surface area contributed by atoms with Gasteiger partial charge in [-0.1, -0.05) is 20.8 Å². The predicted octanol–water partition coefficient (Wildman–Crippen LogP) is 3.22. The van der Waals surface area contributed by atoms with E-state index in [-0.39, 0.29) is 0 Å². The first-order chi connectivity index (χ1) is 7.68. The summed E-state index contributed by atoms with van der Waals surface area (Å²) in [5.41, 5.74) is 0. The van der Waals surface area contributed by atoms with Crippen LogP contribution in [0, 0.1) is 11.8 Å². The molecule has 2 heteroatoms. The molecule has 0 aromatic rings. The van der Waals surface area contributed by atoms with Crippen LogP contribution in [0.15, 0.2) is 0 Å². The van der Waals surface area contributed by atoms with Gasteiger partial charge in [-0.25, -0.2) is 0 Å². The smallest absolute Gasteiger partial charge is 0.0591 e. The lowest BCUT2D eigenvalue weighted by Gasteiger charge is -2.27. The topological polar surface area (TPSA) is 21.3 Å². The lowest BCUT2D eigenvalue weighted by atomic mass is 9.87. The van der Waals surface area contributed by atoms with Crippen molar-refractivity contribution in [3.05, 3.63) is 0 Å². The van der Waals surface area contributed by atoms with Gasteiger partial charge in [0.1, 0.15) is 0 Å². The van der Waals surface area contributed by atoms with Gasteiger partial charge in [0, 0.05) is 19.2 Å². The predicted molar refractivity (Wildman–Crippen MR) is 69.7 cm³/mol. The number of ether oxygens (including phenoxy) is 1. The highest BCUT2D eigenvalue weighted by molar-refractivity contribution is 4.74. The summed E-state index contributed by atoms with van der Waals surface area (Å²) < 4.78 is 5.59. The third kappa shape index (κ3) is 6.49. The first kappa shape index (κ1) is 14.0. The highest BCUT2D eigenvalue weighted by Gasteiger charge is 2.16. The van der Waals surface area contributed by atoms with E-state index in [2.05, 4.69) is 26.1 Å². The molecular weight excluding hydrogens is 198 g/mol. The third-order valence-electron chi connectivity index (χ3n) is 3.53. The maximum atomic E-state index is 5.59. The fourth-order valence-corrected chi connectivity index (χ4v) is 2.22. The van der Waals surface area contributed by atoms with Crippen LogP contribution < -0.4 is 5.32 Å². The minimum absolute atomic E-state index is 0.755. The summed E-state index contributed by atoms with van der Waals surface area (Å²) in [7, 11) is 0. The lowest BCUT2D eigenvalue weighted by Crippen LogP contribution is -2.35. The van der Waals surface area contributed by atoms with Crippen LogP contribution in [0.4, 0.5) is 0 Å². The number of nitrogens with one attached hydrogen (secondary N) is 1. The second-order valence-electron chi connectivity index (χ2n) is 5.71. The molecule has 96 valence electrons. The van der Waals surface area contributed by atoms with Crippen molar-refractivity contribution in [2.24, 2.45) is 11.8 Å². The zero-order valence-electron chi connectivity index (χ0n) is 11.3. The van der Waals surface area contributed by atoms with Crippen molar-refractivity contribution < 1.29 is 4.74 Å². The summed E-state index contributed by atoms with van der Waals surface area (Å²) in [4.78, 5) is 0. The highest BCUT2D eigenvalue weighted by atomic mass is 16.5. The first-order valence-corrected chi connectivity index (χ1v) is 6.99. The van der Waals surface area contributed by atoms with Crippen LogP contribution in [0.25, 0.3) is 0 Å². The van der Waals surface area contributed by atoms with E-state index in [4.69, 9.17) is 4.74 Å². The molecule has 0 spiro atoms. The van der Waals surface area contributed by atoms with E-state index in [1.807, 2.05) is 0 Å². The van der Waals surface area contributed by atoms with Gasteiger partial charge in [0.15, 0.2) is 0 Å². The van der Waals surface area contributed by atoms with Gasteiger partial charge in [0.25, 0.3) is 0 Å². The average molecular weight is 227 g/mol. The van der Waals surface area contributed by atoms with Gasteiger partial charge in [-0.05, 0) is 43.9 Å².